The van der Waals surface area contributed by atoms with Gasteiger partial charge in [0.1, 0.15) is 6.29 Å². The molecule has 1 rings (SSSR count). The molecule has 0 aliphatic heterocycles. The van der Waals surface area contributed by atoms with Gasteiger partial charge in [-0.3, -0.25) is 4.79 Å². The minimum absolute atomic E-state index is 0.294. The van der Waals surface area contributed by atoms with Crippen LogP contribution in [0.2, 0.25) is 0 Å². The van der Waals surface area contributed by atoms with Crippen LogP contribution in [-0.4, -0.2) is 30.6 Å². The maximum absolute atomic E-state index is 10.7. The van der Waals surface area contributed by atoms with Gasteiger partial charge in [0.05, 0.1) is 12.0 Å². The number of ether oxygens (including phenoxy) is 1. The standard InChI is InChI=1S/C8H12O4/c1-12-6-3-2-5(4-9)7(6)8(10)11/h4-7H,2-3H2,1H3,(H,10,11)/t5-,6?,7?/m0/s1. The molecule has 2 unspecified atom stereocenters. The van der Waals surface area contributed by atoms with Crippen LogP contribution in [0.1, 0.15) is 12.8 Å². The van der Waals surface area contributed by atoms with E-state index in [1.54, 1.807) is 0 Å². The predicted molar refractivity (Wildman–Crippen MR) is 40.7 cm³/mol. The highest BCUT2D eigenvalue weighted by Gasteiger charge is 2.41. The number of carbonyl (C=O) groups is 2. The minimum Gasteiger partial charge on any atom is -0.481 e. The summed E-state index contributed by atoms with van der Waals surface area (Å²) in [6.45, 7) is 0. The van der Waals surface area contributed by atoms with Crippen molar-refractivity contribution in [1.82, 2.24) is 0 Å². The fourth-order valence-corrected chi connectivity index (χ4v) is 1.75. The predicted octanol–water partition coefficient (Wildman–Crippen LogP) is 0.311. The molecule has 68 valence electrons. The molecule has 4 nitrogen and oxygen atoms in total. The van der Waals surface area contributed by atoms with E-state index < -0.39 is 11.9 Å². The summed E-state index contributed by atoms with van der Waals surface area (Å²) < 4.78 is 4.98. The summed E-state index contributed by atoms with van der Waals surface area (Å²) in [5.41, 5.74) is 0. The number of hydrogen-bond acceptors (Lipinski definition) is 3. The fourth-order valence-electron chi connectivity index (χ4n) is 1.75. The molecule has 12 heavy (non-hydrogen) atoms. The third kappa shape index (κ3) is 1.48. The van der Waals surface area contributed by atoms with Crippen molar-refractivity contribution in [3.8, 4) is 0 Å². The lowest BCUT2D eigenvalue weighted by Gasteiger charge is -2.15. The van der Waals surface area contributed by atoms with Gasteiger partial charge in [-0.25, -0.2) is 0 Å². The Hall–Kier alpha value is -0.900. The number of carboxylic acids is 1. The van der Waals surface area contributed by atoms with Gasteiger partial charge >= 0.3 is 5.97 Å². The van der Waals surface area contributed by atoms with Crippen LogP contribution in [0, 0.1) is 11.8 Å². The van der Waals surface area contributed by atoms with Crippen LogP contribution >= 0.6 is 0 Å². The normalized spacial score (nSPS) is 34.9. The molecular formula is C8H12O4. The zero-order valence-electron chi connectivity index (χ0n) is 6.90. The summed E-state index contributed by atoms with van der Waals surface area (Å²) >= 11 is 0. The quantitative estimate of drug-likeness (QED) is 0.622. The van der Waals surface area contributed by atoms with E-state index in [1.165, 1.54) is 7.11 Å². The molecule has 1 aliphatic rings. The third-order valence-corrected chi connectivity index (χ3v) is 2.41. The lowest BCUT2D eigenvalue weighted by molar-refractivity contribution is -0.148. The molecule has 1 fully saturated rings. The maximum atomic E-state index is 10.7. The average molecular weight is 172 g/mol. The van der Waals surface area contributed by atoms with Crippen LogP contribution in [0.15, 0.2) is 0 Å². The highest BCUT2D eigenvalue weighted by atomic mass is 16.5. The van der Waals surface area contributed by atoms with Crippen molar-refractivity contribution in [2.75, 3.05) is 7.11 Å². The van der Waals surface area contributed by atoms with E-state index in [1.807, 2.05) is 0 Å². The van der Waals surface area contributed by atoms with Crippen molar-refractivity contribution in [2.24, 2.45) is 11.8 Å². The first kappa shape index (κ1) is 9.19. The van der Waals surface area contributed by atoms with Crippen LogP contribution in [0.3, 0.4) is 0 Å². The maximum Gasteiger partial charge on any atom is 0.309 e. The fraction of sp³-hybridized carbons (Fsp3) is 0.750. The number of aldehydes is 1. The number of carbonyl (C=O) groups excluding carboxylic acids is 1. The van der Waals surface area contributed by atoms with Crippen molar-refractivity contribution in [3.63, 3.8) is 0 Å². The van der Waals surface area contributed by atoms with Crippen LogP contribution in [0.4, 0.5) is 0 Å². The summed E-state index contributed by atoms with van der Waals surface area (Å²) in [4.78, 5) is 21.2. The second kappa shape index (κ2) is 3.67. The first-order valence-electron chi connectivity index (χ1n) is 3.91. The summed E-state index contributed by atoms with van der Waals surface area (Å²) in [6.07, 6.45) is 1.71. The molecule has 0 aromatic heterocycles. The van der Waals surface area contributed by atoms with E-state index in [4.69, 9.17) is 9.84 Å². The zero-order chi connectivity index (χ0) is 9.14. The SMILES string of the molecule is COC1CC[C@@H](C=O)C1C(=O)O. The van der Waals surface area contributed by atoms with Crippen molar-refractivity contribution < 1.29 is 19.4 Å². The Balaban J connectivity index is 2.71. The molecule has 4 heteroatoms. The van der Waals surface area contributed by atoms with Crippen molar-refractivity contribution >= 4 is 12.3 Å². The molecule has 1 N–H and O–H groups in total. The Morgan fingerprint density at radius 1 is 1.58 bits per heavy atom. The van der Waals surface area contributed by atoms with Crippen molar-refractivity contribution in [2.45, 2.75) is 18.9 Å². The minimum atomic E-state index is -0.934. The first-order valence-corrected chi connectivity index (χ1v) is 3.91. The van der Waals surface area contributed by atoms with Gasteiger partial charge in [-0.1, -0.05) is 0 Å². The topological polar surface area (TPSA) is 63.6 Å². The van der Waals surface area contributed by atoms with E-state index in [2.05, 4.69) is 0 Å². The van der Waals surface area contributed by atoms with E-state index >= 15 is 0 Å². The molecule has 0 saturated heterocycles. The molecule has 3 atom stereocenters. The molecule has 0 aromatic carbocycles. The number of hydrogen-bond donors (Lipinski definition) is 1. The second-order valence-corrected chi connectivity index (χ2v) is 3.02. The Morgan fingerprint density at radius 2 is 2.25 bits per heavy atom. The zero-order valence-corrected chi connectivity index (χ0v) is 6.90. The summed E-state index contributed by atoms with van der Waals surface area (Å²) in [5.74, 6) is -1.95. The van der Waals surface area contributed by atoms with Gasteiger partial charge in [-0.2, -0.15) is 0 Å². The van der Waals surface area contributed by atoms with Gasteiger partial charge in [0.25, 0.3) is 0 Å². The molecule has 1 saturated carbocycles. The lowest BCUT2D eigenvalue weighted by atomic mass is 9.96. The van der Waals surface area contributed by atoms with Crippen LogP contribution in [-0.2, 0) is 14.3 Å². The summed E-state index contributed by atoms with van der Waals surface area (Å²) in [7, 11) is 1.48. The van der Waals surface area contributed by atoms with Crippen molar-refractivity contribution in [1.29, 1.82) is 0 Å². The molecule has 0 spiro atoms. The van der Waals surface area contributed by atoms with Crippen molar-refractivity contribution in [3.05, 3.63) is 0 Å². The Labute approximate surface area is 70.5 Å². The molecular weight excluding hydrogens is 160 g/mol. The summed E-state index contributed by atoms with van der Waals surface area (Å²) in [5, 5.41) is 8.78. The van der Waals surface area contributed by atoms with Gasteiger partial charge in [-0.15, -0.1) is 0 Å². The molecule has 0 heterocycles. The van der Waals surface area contributed by atoms with Gasteiger partial charge in [-0.05, 0) is 12.8 Å². The van der Waals surface area contributed by atoms with Gasteiger partial charge in [0.2, 0.25) is 0 Å². The van der Waals surface area contributed by atoms with Crippen LogP contribution in [0.25, 0.3) is 0 Å². The number of carboxylic acid groups (broad SMARTS) is 1. The van der Waals surface area contributed by atoms with E-state index in [-0.39, 0.29) is 12.0 Å². The lowest BCUT2D eigenvalue weighted by Crippen LogP contribution is -2.29. The average Bonchev–Trinajstić information content (AvgIpc) is 2.46. The Kier molecular flexibility index (Phi) is 2.81. The largest absolute Gasteiger partial charge is 0.481 e. The molecule has 0 amide bonds. The molecule has 0 radical (unpaired) electrons. The van der Waals surface area contributed by atoms with Crippen LogP contribution < -0.4 is 0 Å². The highest BCUT2D eigenvalue weighted by molar-refractivity contribution is 5.76. The Bertz CT molecular complexity index is 189. The third-order valence-electron chi connectivity index (χ3n) is 2.41. The smallest absolute Gasteiger partial charge is 0.309 e. The molecule has 0 bridgehead atoms. The van der Waals surface area contributed by atoms with E-state index in [0.717, 1.165) is 6.29 Å². The van der Waals surface area contributed by atoms with E-state index in [9.17, 15) is 9.59 Å². The van der Waals surface area contributed by atoms with Gasteiger partial charge in [0, 0.05) is 13.0 Å². The monoisotopic (exact) mass is 172 g/mol. The van der Waals surface area contributed by atoms with Gasteiger partial charge < -0.3 is 14.6 Å². The molecule has 1 aliphatic carbocycles. The Morgan fingerprint density at radius 3 is 2.67 bits per heavy atom. The molecule has 0 aromatic rings. The van der Waals surface area contributed by atoms with Gasteiger partial charge in [0.15, 0.2) is 0 Å². The highest BCUT2D eigenvalue weighted by Crippen LogP contribution is 2.32. The number of methoxy groups -OCH3 is 1. The second-order valence-electron chi connectivity index (χ2n) is 3.02. The summed E-state index contributed by atoms with van der Waals surface area (Å²) in [6, 6.07) is 0. The number of rotatable bonds is 3. The van der Waals surface area contributed by atoms with Crippen LogP contribution in [0.5, 0.6) is 0 Å². The first-order chi connectivity index (χ1) is 5.70. The van der Waals surface area contributed by atoms with E-state index in [0.29, 0.717) is 12.8 Å². The number of aliphatic carboxylic acids is 1.